The van der Waals surface area contributed by atoms with Gasteiger partial charge in [0.1, 0.15) is 0 Å². The monoisotopic (exact) mass is 290 g/mol. The van der Waals surface area contributed by atoms with Crippen LogP contribution in [0, 0.1) is 0 Å². The van der Waals surface area contributed by atoms with E-state index in [1.165, 1.54) is 6.07 Å². The van der Waals surface area contributed by atoms with Gasteiger partial charge in [0, 0.05) is 15.5 Å². The van der Waals surface area contributed by atoms with Gasteiger partial charge in [0.15, 0.2) is 0 Å². The fourth-order valence-electron chi connectivity index (χ4n) is 1.90. The van der Waals surface area contributed by atoms with Crippen molar-refractivity contribution in [2.24, 2.45) is 0 Å². The Hall–Kier alpha value is -1.26. The van der Waals surface area contributed by atoms with E-state index in [-0.39, 0.29) is 17.9 Å². The number of halogens is 2. The van der Waals surface area contributed by atoms with Gasteiger partial charge in [-0.3, -0.25) is 9.59 Å². The molecule has 0 atom stereocenters. The van der Waals surface area contributed by atoms with Crippen molar-refractivity contribution in [2.75, 3.05) is 0 Å². The normalized spacial score (nSPS) is 11.3. The van der Waals surface area contributed by atoms with Crippen molar-refractivity contribution in [1.82, 2.24) is 0 Å². The first-order chi connectivity index (χ1) is 8.24. The Bertz CT molecular complexity index is 469. The Labute approximate surface area is 114 Å². The molecule has 18 heavy (non-hydrogen) atoms. The summed E-state index contributed by atoms with van der Waals surface area (Å²) in [6.45, 7) is 1.56. The smallest absolute Gasteiger partial charge is 0.304 e. The summed E-state index contributed by atoms with van der Waals surface area (Å²) in [5.74, 6) is -2.16. The van der Waals surface area contributed by atoms with E-state index in [0.717, 1.165) is 0 Å². The summed E-state index contributed by atoms with van der Waals surface area (Å²) in [6.07, 6.45) is -0.638. The van der Waals surface area contributed by atoms with Crippen LogP contribution in [0.2, 0.25) is 10.0 Å². The molecule has 0 unspecified atom stereocenters. The standard InChI is InChI=1S/C12H12Cl2O4/c1-12(5-10(15)16,6-11(17)18)8-3-2-7(13)4-9(8)14/h2-4H,5-6H2,1H3,(H,15,16)(H,17,18). The number of hydrogen-bond donors (Lipinski definition) is 2. The van der Waals surface area contributed by atoms with Crippen molar-refractivity contribution in [3.63, 3.8) is 0 Å². The second-order valence-electron chi connectivity index (χ2n) is 4.33. The molecule has 0 amide bonds. The molecule has 0 fully saturated rings. The largest absolute Gasteiger partial charge is 0.481 e. The van der Waals surface area contributed by atoms with E-state index in [0.29, 0.717) is 10.6 Å². The fourth-order valence-corrected chi connectivity index (χ4v) is 2.54. The summed E-state index contributed by atoms with van der Waals surface area (Å²) in [6, 6.07) is 4.60. The summed E-state index contributed by atoms with van der Waals surface area (Å²) in [5.41, 5.74) is -0.599. The lowest BCUT2D eigenvalue weighted by Crippen LogP contribution is -2.29. The quantitative estimate of drug-likeness (QED) is 0.873. The van der Waals surface area contributed by atoms with Crippen molar-refractivity contribution in [2.45, 2.75) is 25.2 Å². The van der Waals surface area contributed by atoms with Gasteiger partial charge < -0.3 is 10.2 Å². The summed E-state index contributed by atoms with van der Waals surface area (Å²) in [7, 11) is 0. The van der Waals surface area contributed by atoms with Gasteiger partial charge in [-0.15, -0.1) is 0 Å². The van der Waals surface area contributed by atoms with Gasteiger partial charge in [0.05, 0.1) is 12.8 Å². The highest BCUT2D eigenvalue weighted by atomic mass is 35.5. The van der Waals surface area contributed by atoms with Gasteiger partial charge in [0.25, 0.3) is 0 Å². The van der Waals surface area contributed by atoms with Gasteiger partial charge in [-0.1, -0.05) is 36.2 Å². The van der Waals surface area contributed by atoms with Crippen LogP contribution in [0.5, 0.6) is 0 Å². The maximum absolute atomic E-state index is 10.9. The van der Waals surface area contributed by atoms with E-state index in [4.69, 9.17) is 33.4 Å². The molecule has 0 saturated heterocycles. The third-order valence-corrected chi connectivity index (χ3v) is 3.21. The molecule has 1 aromatic carbocycles. The Morgan fingerprint density at radius 3 is 2.06 bits per heavy atom. The molecule has 0 aliphatic heterocycles. The Morgan fingerprint density at radius 1 is 1.17 bits per heavy atom. The molecule has 0 aliphatic rings. The van der Waals surface area contributed by atoms with E-state index >= 15 is 0 Å². The van der Waals surface area contributed by atoms with Gasteiger partial charge in [-0.05, 0) is 17.7 Å². The minimum atomic E-state index is -1.08. The zero-order valence-electron chi connectivity index (χ0n) is 9.61. The van der Waals surface area contributed by atoms with Crippen molar-refractivity contribution < 1.29 is 19.8 Å². The summed E-state index contributed by atoms with van der Waals surface area (Å²) in [5, 5.41) is 18.5. The molecule has 0 aromatic heterocycles. The zero-order chi connectivity index (χ0) is 13.9. The first kappa shape index (κ1) is 14.8. The van der Waals surface area contributed by atoms with Gasteiger partial charge in [0.2, 0.25) is 0 Å². The van der Waals surface area contributed by atoms with E-state index in [2.05, 4.69) is 0 Å². The number of benzene rings is 1. The number of carboxylic acids is 2. The van der Waals surface area contributed by atoms with Crippen molar-refractivity contribution in [1.29, 1.82) is 0 Å². The lowest BCUT2D eigenvalue weighted by atomic mass is 9.76. The molecule has 1 aromatic rings. The van der Waals surface area contributed by atoms with Crippen molar-refractivity contribution >= 4 is 35.1 Å². The predicted octanol–water partition coefficient (Wildman–Crippen LogP) is 3.20. The van der Waals surface area contributed by atoms with Gasteiger partial charge in [-0.2, -0.15) is 0 Å². The summed E-state index contributed by atoms with van der Waals surface area (Å²) >= 11 is 11.8. The predicted molar refractivity (Wildman–Crippen MR) is 68.3 cm³/mol. The summed E-state index contributed by atoms with van der Waals surface area (Å²) in [4.78, 5) is 21.8. The number of carboxylic acid groups (broad SMARTS) is 2. The van der Waals surface area contributed by atoms with Crippen LogP contribution in [0.25, 0.3) is 0 Å². The highest BCUT2D eigenvalue weighted by molar-refractivity contribution is 6.35. The first-order valence-electron chi connectivity index (χ1n) is 5.14. The second kappa shape index (κ2) is 5.59. The lowest BCUT2D eigenvalue weighted by Gasteiger charge is -2.27. The maximum atomic E-state index is 10.9. The third kappa shape index (κ3) is 3.62. The molecule has 0 saturated carbocycles. The minimum absolute atomic E-state index is 0.271. The van der Waals surface area contributed by atoms with Gasteiger partial charge >= 0.3 is 11.9 Å². The molecule has 2 N–H and O–H groups in total. The minimum Gasteiger partial charge on any atom is -0.481 e. The van der Waals surface area contributed by atoms with Crippen LogP contribution in [-0.4, -0.2) is 22.2 Å². The maximum Gasteiger partial charge on any atom is 0.304 e. The van der Waals surface area contributed by atoms with E-state index in [1.54, 1.807) is 19.1 Å². The molecule has 4 nitrogen and oxygen atoms in total. The van der Waals surface area contributed by atoms with Crippen LogP contribution in [0.15, 0.2) is 18.2 Å². The third-order valence-electron chi connectivity index (χ3n) is 2.66. The number of rotatable bonds is 5. The molecule has 6 heteroatoms. The van der Waals surface area contributed by atoms with E-state index in [9.17, 15) is 9.59 Å². The Morgan fingerprint density at radius 2 is 1.67 bits per heavy atom. The van der Waals surface area contributed by atoms with E-state index < -0.39 is 17.4 Å². The highest BCUT2D eigenvalue weighted by Gasteiger charge is 2.34. The molecule has 0 radical (unpaired) electrons. The van der Waals surface area contributed by atoms with Crippen LogP contribution in [0.1, 0.15) is 25.3 Å². The zero-order valence-corrected chi connectivity index (χ0v) is 11.1. The molecule has 0 spiro atoms. The average Bonchev–Trinajstić information content (AvgIpc) is 2.13. The van der Waals surface area contributed by atoms with Crippen LogP contribution in [0.3, 0.4) is 0 Å². The number of aliphatic carboxylic acids is 2. The average molecular weight is 291 g/mol. The first-order valence-corrected chi connectivity index (χ1v) is 5.89. The molecule has 0 aliphatic carbocycles. The topological polar surface area (TPSA) is 74.6 Å². The SMILES string of the molecule is CC(CC(=O)O)(CC(=O)O)c1ccc(Cl)cc1Cl. The number of carbonyl (C=O) groups is 2. The molecule has 98 valence electrons. The number of hydrogen-bond acceptors (Lipinski definition) is 2. The van der Waals surface area contributed by atoms with Crippen LogP contribution in [-0.2, 0) is 15.0 Å². The van der Waals surface area contributed by atoms with E-state index in [1.807, 2.05) is 0 Å². The second-order valence-corrected chi connectivity index (χ2v) is 5.17. The molecule has 0 bridgehead atoms. The Kier molecular flexibility index (Phi) is 4.59. The molecule has 1 rings (SSSR count). The molecular formula is C12H12Cl2O4. The summed E-state index contributed by atoms with van der Waals surface area (Å²) < 4.78 is 0. The van der Waals surface area contributed by atoms with Gasteiger partial charge in [-0.25, -0.2) is 0 Å². The molecular weight excluding hydrogens is 279 g/mol. The Balaban J connectivity index is 3.24. The van der Waals surface area contributed by atoms with Crippen LogP contribution >= 0.6 is 23.2 Å². The van der Waals surface area contributed by atoms with Crippen LogP contribution < -0.4 is 0 Å². The van der Waals surface area contributed by atoms with Crippen molar-refractivity contribution in [3.05, 3.63) is 33.8 Å². The van der Waals surface area contributed by atoms with Crippen molar-refractivity contribution in [3.8, 4) is 0 Å². The lowest BCUT2D eigenvalue weighted by molar-refractivity contribution is -0.141. The fraction of sp³-hybridized carbons (Fsp3) is 0.333. The molecule has 0 heterocycles. The highest BCUT2D eigenvalue weighted by Crippen LogP contribution is 2.37. The van der Waals surface area contributed by atoms with Crippen LogP contribution in [0.4, 0.5) is 0 Å².